The molecule has 0 aliphatic rings. The van der Waals surface area contributed by atoms with Crippen molar-refractivity contribution in [2.45, 2.75) is 33.5 Å². The lowest BCUT2D eigenvalue weighted by Gasteiger charge is -2.16. The van der Waals surface area contributed by atoms with Gasteiger partial charge in [0.1, 0.15) is 18.2 Å². The van der Waals surface area contributed by atoms with Gasteiger partial charge in [-0.2, -0.15) is 5.10 Å². The molecule has 142 valence electrons. The van der Waals surface area contributed by atoms with E-state index in [1.807, 2.05) is 36.2 Å². The number of hydrogen-bond acceptors (Lipinski definition) is 4. The zero-order valence-corrected chi connectivity index (χ0v) is 16.4. The van der Waals surface area contributed by atoms with Gasteiger partial charge in [-0.25, -0.2) is 4.39 Å². The molecule has 0 fully saturated rings. The van der Waals surface area contributed by atoms with E-state index >= 15 is 0 Å². The minimum absolute atomic E-state index is 0.0309. The third-order valence-corrected chi connectivity index (χ3v) is 5.31. The lowest BCUT2D eigenvalue weighted by Crippen LogP contribution is -2.25. The molecule has 0 N–H and O–H groups in total. The number of amides is 1. The molecule has 2 aromatic heterocycles. The zero-order valence-electron chi connectivity index (χ0n) is 15.6. The number of rotatable bonds is 7. The average molecular weight is 387 g/mol. The van der Waals surface area contributed by atoms with E-state index < -0.39 is 0 Å². The van der Waals surface area contributed by atoms with Gasteiger partial charge in [0.2, 0.25) is 0 Å². The van der Waals surface area contributed by atoms with Crippen molar-refractivity contribution in [1.82, 2.24) is 14.7 Å². The molecule has 27 heavy (non-hydrogen) atoms. The van der Waals surface area contributed by atoms with Crippen molar-refractivity contribution in [2.75, 3.05) is 7.05 Å². The van der Waals surface area contributed by atoms with Crippen LogP contribution < -0.4 is 4.74 Å². The Hall–Kier alpha value is -2.67. The van der Waals surface area contributed by atoms with Crippen molar-refractivity contribution in [3.8, 4) is 5.75 Å². The predicted molar refractivity (Wildman–Crippen MR) is 103 cm³/mol. The van der Waals surface area contributed by atoms with Crippen molar-refractivity contribution in [3.05, 3.63) is 69.4 Å². The van der Waals surface area contributed by atoms with Crippen molar-refractivity contribution in [1.29, 1.82) is 0 Å². The van der Waals surface area contributed by atoms with Crippen LogP contribution in [0.4, 0.5) is 4.39 Å². The molecule has 0 aliphatic heterocycles. The highest BCUT2D eigenvalue weighted by Crippen LogP contribution is 2.20. The molecule has 7 heteroatoms. The first-order valence-electron chi connectivity index (χ1n) is 8.70. The fourth-order valence-electron chi connectivity index (χ4n) is 2.74. The number of thiophene rings is 1. The van der Waals surface area contributed by atoms with Crippen molar-refractivity contribution < 1.29 is 13.9 Å². The van der Waals surface area contributed by atoms with Crippen LogP contribution in [0.3, 0.4) is 0 Å². The van der Waals surface area contributed by atoms with E-state index in [1.54, 1.807) is 24.1 Å². The van der Waals surface area contributed by atoms with Gasteiger partial charge in [-0.1, -0.05) is 0 Å². The first kappa shape index (κ1) is 19.1. The standard InChI is InChI=1S/C20H22FN3O2S/c1-4-24-14(2)16(10-22-24)11-23(3)20(25)19-9-15(13-27-19)12-26-18-7-5-17(21)6-8-18/h5-10,13H,4,11-12H2,1-3H3. The Labute approximate surface area is 162 Å². The van der Waals surface area contributed by atoms with Gasteiger partial charge < -0.3 is 9.64 Å². The van der Waals surface area contributed by atoms with E-state index in [1.165, 1.54) is 23.5 Å². The second-order valence-electron chi connectivity index (χ2n) is 6.29. The van der Waals surface area contributed by atoms with E-state index in [-0.39, 0.29) is 11.7 Å². The fourth-order valence-corrected chi connectivity index (χ4v) is 3.63. The average Bonchev–Trinajstić information content (AvgIpc) is 3.28. The number of ether oxygens (including phenoxy) is 1. The molecule has 0 radical (unpaired) electrons. The summed E-state index contributed by atoms with van der Waals surface area (Å²) in [5.41, 5.74) is 3.04. The molecule has 0 aliphatic carbocycles. The largest absolute Gasteiger partial charge is 0.489 e. The number of benzene rings is 1. The number of hydrogen-bond donors (Lipinski definition) is 0. The van der Waals surface area contributed by atoms with Crippen molar-refractivity contribution in [2.24, 2.45) is 0 Å². The molecule has 0 unspecified atom stereocenters. The van der Waals surface area contributed by atoms with E-state index in [9.17, 15) is 9.18 Å². The lowest BCUT2D eigenvalue weighted by atomic mass is 10.2. The Balaban J connectivity index is 1.60. The molecule has 0 saturated heterocycles. The van der Waals surface area contributed by atoms with Gasteiger partial charge in [-0.15, -0.1) is 11.3 Å². The molecule has 5 nitrogen and oxygen atoms in total. The molecular formula is C20H22FN3O2S. The molecular weight excluding hydrogens is 365 g/mol. The van der Waals surface area contributed by atoms with Crippen molar-refractivity contribution in [3.63, 3.8) is 0 Å². The van der Waals surface area contributed by atoms with Gasteiger partial charge in [-0.05, 0) is 49.6 Å². The number of carbonyl (C=O) groups is 1. The summed E-state index contributed by atoms with van der Waals surface area (Å²) in [4.78, 5) is 15.0. The van der Waals surface area contributed by atoms with Crippen molar-refractivity contribution >= 4 is 17.2 Å². The Kier molecular flexibility index (Phi) is 5.91. The maximum Gasteiger partial charge on any atom is 0.263 e. The zero-order chi connectivity index (χ0) is 19.4. The third-order valence-electron chi connectivity index (χ3n) is 4.34. The molecule has 0 saturated carbocycles. The summed E-state index contributed by atoms with van der Waals surface area (Å²) in [6.07, 6.45) is 1.82. The monoisotopic (exact) mass is 387 g/mol. The molecule has 3 rings (SSSR count). The smallest absolute Gasteiger partial charge is 0.263 e. The summed E-state index contributed by atoms with van der Waals surface area (Å²) >= 11 is 1.40. The molecule has 1 amide bonds. The third kappa shape index (κ3) is 4.54. The van der Waals surface area contributed by atoms with E-state index in [0.29, 0.717) is 23.8 Å². The van der Waals surface area contributed by atoms with Crippen LogP contribution in [0.5, 0.6) is 5.75 Å². The van der Waals surface area contributed by atoms with Crippen LogP contribution in [-0.2, 0) is 19.7 Å². The fraction of sp³-hybridized carbons (Fsp3) is 0.300. The van der Waals surface area contributed by atoms with E-state index in [0.717, 1.165) is 23.4 Å². The maximum atomic E-state index is 12.9. The van der Waals surface area contributed by atoms with Gasteiger partial charge in [0.25, 0.3) is 5.91 Å². The summed E-state index contributed by atoms with van der Waals surface area (Å²) in [6.45, 7) is 5.72. The number of aryl methyl sites for hydroxylation is 1. The van der Waals surface area contributed by atoms with E-state index in [4.69, 9.17) is 4.74 Å². The summed E-state index contributed by atoms with van der Waals surface area (Å²) < 4.78 is 20.5. The van der Waals surface area contributed by atoms with Gasteiger partial charge >= 0.3 is 0 Å². The Morgan fingerprint density at radius 3 is 2.74 bits per heavy atom. The van der Waals surface area contributed by atoms with Crippen LogP contribution in [0.25, 0.3) is 0 Å². The molecule has 0 bridgehead atoms. The number of aromatic nitrogens is 2. The Morgan fingerprint density at radius 2 is 2.07 bits per heavy atom. The Bertz CT molecular complexity index is 918. The highest BCUT2D eigenvalue weighted by molar-refractivity contribution is 7.12. The van der Waals surface area contributed by atoms with Crippen LogP contribution in [-0.4, -0.2) is 27.6 Å². The molecule has 1 aromatic carbocycles. The number of carbonyl (C=O) groups excluding carboxylic acids is 1. The summed E-state index contributed by atoms with van der Waals surface area (Å²) in [5.74, 6) is 0.265. The number of halogens is 1. The number of nitrogens with zero attached hydrogens (tertiary/aromatic N) is 3. The maximum absolute atomic E-state index is 12.9. The summed E-state index contributed by atoms with van der Waals surface area (Å²) in [5, 5.41) is 6.23. The lowest BCUT2D eigenvalue weighted by molar-refractivity contribution is 0.0789. The second kappa shape index (κ2) is 8.35. The Morgan fingerprint density at radius 1 is 1.33 bits per heavy atom. The molecule has 2 heterocycles. The van der Waals surface area contributed by atoms with Gasteiger partial charge in [0.15, 0.2) is 0 Å². The topological polar surface area (TPSA) is 47.4 Å². The first-order valence-corrected chi connectivity index (χ1v) is 9.58. The quantitative estimate of drug-likeness (QED) is 0.608. The van der Waals surface area contributed by atoms with Gasteiger partial charge in [-0.3, -0.25) is 9.48 Å². The minimum Gasteiger partial charge on any atom is -0.489 e. The minimum atomic E-state index is -0.298. The van der Waals surface area contributed by atoms with Gasteiger partial charge in [0.05, 0.1) is 11.1 Å². The normalized spacial score (nSPS) is 10.8. The van der Waals surface area contributed by atoms with Crippen LogP contribution in [0.15, 0.2) is 41.9 Å². The molecule has 0 spiro atoms. The second-order valence-corrected chi connectivity index (χ2v) is 7.21. The predicted octanol–water partition coefficient (Wildman–Crippen LogP) is 4.26. The summed E-state index contributed by atoms with van der Waals surface area (Å²) in [6, 6.07) is 7.72. The van der Waals surface area contributed by atoms with E-state index in [2.05, 4.69) is 5.10 Å². The summed E-state index contributed by atoms with van der Waals surface area (Å²) in [7, 11) is 1.79. The first-order chi connectivity index (χ1) is 13.0. The highest BCUT2D eigenvalue weighted by Gasteiger charge is 2.17. The SMILES string of the molecule is CCn1ncc(CN(C)C(=O)c2cc(COc3ccc(F)cc3)cs2)c1C. The molecule has 0 atom stereocenters. The van der Waals surface area contributed by atoms with Crippen LogP contribution in [0.2, 0.25) is 0 Å². The van der Waals surface area contributed by atoms with Crippen LogP contribution in [0, 0.1) is 12.7 Å². The van der Waals surface area contributed by atoms with Gasteiger partial charge in [0, 0.05) is 37.0 Å². The molecule has 3 aromatic rings. The van der Waals surface area contributed by atoms with Crippen LogP contribution in [0.1, 0.15) is 33.4 Å². The van der Waals surface area contributed by atoms with Crippen LogP contribution >= 0.6 is 11.3 Å². The highest BCUT2D eigenvalue weighted by atomic mass is 32.1.